The van der Waals surface area contributed by atoms with Gasteiger partial charge in [-0.05, 0) is 19.1 Å². The predicted octanol–water partition coefficient (Wildman–Crippen LogP) is 0.537. The van der Waals surface area contributed by atoms with Crippen LogP contribution in [0.15, 0.2) is 29.4 Å². The number of amides is 4. The summed E-state index contributed by atoms with van der Waals surface area (Å²) in [5.41, 5.74) is 0.338. The first-order valence-electron chi connectivity index (χ1n) is 5.58. The molecule has 4 amide bonds. The molecule has 0 aromatic heterocycles. The summed E-state index contributed by atoms with van der Waals surface area (Å²) >= 11 is 0. The van der Waals surface area contributed by atoms with Crippen molar-refractivity contribution in [3.05, 3.63) is 29.8 Å². The molecule has 7 nitrogen and oxygen atoms in total. The van der Waals surface area contributed by atoms with Crippen LogP contribution in [-0.4, -0.2) is 45.6 Å². The van der Waals surface area contributed by atoms with Gasteiger partial charge in [0, 0.05) is 12.1 Å². The molecule has 1 saturated heterocycles. The molecule has 1 heterocycles. The van der Waals surface area contributed by atoms with E-state index < -0.39 is 17.8 Å². The number of nitrogens with zero attached hydrogens (tertiary/aromatic N) is 3. The summed E-state index contributed by atoms with van der Waals surface area (Å²) in [5.74, 6) is -1.94. The molecule has 1 aliphatic heterocycles. The van der Waals surface area contributed by atoms with Crippen molar-refractivity contribution < 1.29 is 19.5 Å². The fourth-order valence-electron chi connectivity index (χ4n) is 1.59. The normalized spacial score (nSPS) is 15.9. The second kappa shape index (κ2) is 4.89. The van der Waals surface area contributed by atoms with Crippen LogP contribution < -0.4 is 0 Å². The topological polar surface area (TPSA) is 90.3 Å². The third kappa shape index (κ3) is 2.17. The lowest BCUT2D eigenvalue weighted by Gasteiger charge is -2.08. The number of carbonyl (C=O) groups is 3. The van der Waals surface area contributed by atoms with Crippen molar-refractivity contribution >= 4 is 24.1 Å². The molecule has 0 unspecified atom stereocenters. The maximum atomic E-state index is 11.7. The Kier molecular flexibility index (Phi) is 3.28. The van der Waals surface area contributed by atoms with Crippen LogP contribution in [0.2, 0.25) is 0 Å². The number of likely N-dealkylation sites (N-methyl/N-ethyl adjacent to an activating group) is 1. The fourth-order valence-corrected chi connectivity index (χ4v) is 1.59. The first kappa shape index (κ1) is 12.7. The number of urea groups is 1. The fraction of sp³-hybridized carbons (Fsp3) is 0.167. The molecule has 1 aliphatic rings. The first-order chi connectivity index (χ1) is 9.06. The molecule has 1 fully saturated rings. The van der Waals surface area contributed by atoms with Gasteiger partial charge in [-0.25, -0.2) is 4.79 Å². The summed E-state index contributed by atoms with van der Waals surface area (Å²) in [6.45, 7) is 1.69. The maximum absolute atomic E-state index is 11.7. The highest BCUT2D eigenvalue weighted by Crippen LogP contribution is 2.15. The van der Waals surface area contributed by atoms with Crippen LogP contribution in [0.4, 0.5) is 4.79 Å². The largest absolute Gasteiger partial charge is 0.507 e. The van der Waals surface area contributed by atoms with E-state index in [1.807, 2.05) is 0 Å². The minimum absolute atomic E-state index is 0.0379. The Morgan fingerprint density at radius 1 is 1.21 bits per heavy atom. The average molecular weight is 261 g/mol. The molecule has 0 atom stereocenters. The number of imide groups is 2. The van der Waals surface area contributed by atoms with Gasteiger partial charge in [0.2, 0.25) is 0 Å². The van der Waals surface area contributed by atoms with Crippen LogP contribution in [-0.2, 0) is 9.59 Å². The van der Waals surface area contributed by atoms with E-state index in [0.29, 0.717) is 10.6 Å². The Morgan fingerprint density at radius 3 is 2.47 bits per heavy atom. The van der Waals surface area contributed by atoms with Crippen LogP contribution in [0, 0.1) is 0 Å². The molecule has 0 spiro atoms. The molecule has 0 saturated carbocycles. The smallest absolute Gasteiger partial charge is 0.355 e. The monoisotopic (exact) mass is 261 g/mol. The van der Waals surface area contributed by atoms with Gasteiger partial charge >= 0.3 is 17.8 Å². The molecule has 0 radical (unpaired) electrons. The Labute approximate surface area is 108 Å². The van der Waals surface area contributed by atoms with E-state index in [9.17, 15) is 19.5 Å². The van der Waals surface area contributed by atoms with Crippen LogP contribution in [0.5, 0.6) is 5.75 Å². The summed E-state index contributed by atoms with van der Waals surface area (Å²) in [6, 6.07) is 5.50. The third-order valence-corrected chi connectivity index (χ3v) is 2.60. The highest BCUT2D eigenvalue weighted by molar-refractivity contribution is 6.44. The summed E-state index contributed by atoms with van der Waals surface area (Å²) in [6.07, 6.45) is 1.15. The Balaban J connectivity index is 2.25. The Morgan fingerprint density at radius 2 is 1.89 bits per heavy atom. The highest BCUT2D eigenvalue weighted by Gasteiger charge is 2.43. The van der Waals surface area contributed by atoms with Gasteiger partial charge in [0.1, 0.15) is 5.75 Å². The van der Waals surface area contributed by atoms with Gasteiger partial charge < -0.3 is 5.11 Å². The predicted molar refractivity (Wildman–Crippen MR) is 65.3 cm³/mol. The van der Waals surface area contributed by atoms with Gasteiger partial charge in [-0.1, -0.05) is 12.1 Å². The highest BCUT2D eigenvalue weighted by atomic mass is 16.3. The Bertz CT molecular complexity index is 582. The number of benzene rings is 1. The number of hydrazone groups is 1. The van der Waals surface area contributed by atoms with Crippen molar-refractivity contribution in [2.24, 2.45) is 5.10 Å². The molecule has 0 aliphatic carbocycles. The number of hydrogen-bond acceptors (Lipinski definition) is 5. The van der Waals surface area contributed by atoms with Gasteiger partial charge in [0.25, 0.3) is 0 Å². The summed E-state index contributed by atoms with van der Waals surface area (Å²) < 4.78 is 0. The summed E-state index contributed by atoms with van der Waals surface area (Å²) in [7, 11) is 0. The van der Waals surface area contributed by atoms with Crippen LogP contribution in [0.25, 0.3) is 0 Å². The van der Waals surface area contributed by atoms with Crippen molar-refractivity contribution in [3.63, 3.8) is 0 Å². The number of phenolic OH excluding ortho intramolecular Hbond substituents is 1. The van der Waals surface area contributed by atoms with Crippen LogP contribution in [0.1, 0.15) is 12.5 Å². The van der Waals surface area contributed by atoms with Crippen molar-refractivity contribution in [2.45, 2.75) is 6.92 Å². The number of para-hydroxylation sites is 1. The number of hydrogen-bond donors (Lipinski definition) is 1. The Hall–Kier alpha value is -2.70. The molecule has 98 valence electrons. The molecule has 2 rings (SSSR count). The number of aromatic hydroxyl groups is 1. The first-order valence-corrected chi connectivity index (χ1v) is 5.58. The molecule has 1 aromatic carbocycles. The van der Waals surface area contributed by atoms with E-state index in [4.69, 9.17) is 0 Å². The van der Waals surface area contributed by atoms with E-state index >= 15 is 0 Å². The molecule has 1 aromatic rings. The lowest BCUT2D eigenvalue weighted by molar-refractivity contribution is -0.143. The maximum Gasteiger partial charge on any atom is 0.355 e. The molecular weight excluding hydrogens is 250 g/mol. The summed E-state index contributed by atoms with van der Waals surface area (Å²) in [5, 5.41) is 13.6. The quantitative estimate of drug-likeness (QED) is 0.488. The second-order valence-corrected chi connectivity index (χ2v) is 3.75. The van der Waals surface area contributed by atoms with Crippen molar-refractivity contribution in [3.8, 4) is 5.75 Å². The standard InChI is InChI=1S/C12H11N3O4/c1-2-14-10(17)11(18)15(12(14)19)13-7-8-5-3-4-6-9(8)16/h3-7,16H,2H2,1H3. The van der Waals surface area contributed by atoms with E-state index in [1.54, 1.807) is 25.1 Å². The zero-order valence-electron chi connectivity index (χ0n) is 10.1. The zero-order valence-corrected chi connectivity index (χ0v) is 10.1. The molecule has 1 N–H and O–H groups in total. The molecule has 7 heteroatoms. The van der Waals surface area contributed by atoms with Gasteiger partial charge in [-0.2, -0.15) is 5.10 Å². The van der Waals surface area contributed by atoms with Gasteiger partial charge in [-0.15, -0.1) is 5.01 Å². The van der Waals surface area contributed by atoms with E-state index in [2.05, 4.69) is 5.10 Å². The summed E-state index contributed by atoms with van der Waals surface area (Å²) in [4.78, 5) is 35.4. The van der Waals surface area contributed by atoms with E-state index in [0.717, 1.165) is 11.1 Å². The SMILES string of the molecule is CCN1C(=O)C(=O)N(N=Cc2ccccc2O)C1=O. The molecular formula is C12H11N3O4. The number of carbonyl (C=O) groups excluding carboxylic acids is 3. The van der Waals surface area contributed by atoms with E-state index in [-0.39, 0.29) is 12.3 Å². The van der Waals surface area contributed by atoms with Gasteiger partial charge in [0.15, 0.2) is 0 Å². The van der Waals surface area contributed by atoms with Crippen LogP contribution >= 0.6 is 0 Å². The number of phenols is 1. The van der Waals surface area contributed by atoms with E-state index in [1.165, 1.54) is 6.07 Å². The average Bonchev–Trinajstić information content (AvgIpc) is 2.60. The lowest BCUT2D eigenvalue weighted by Crippen LogP contribution is -2.30. The lowest BCUT2D eigenvalue weighted by atomic mass is 10.2. The van der Waals surface area contributed by atoms with Gasteiger partial charge in [0.05, 0.1) is 6.21 Å². The minimum atomic E-state index is -1.00. The third-order valence-electron chi connectivity index (χ3n) is 2.60. The minimum Gasteiger partial charge on any atom is -0.507 e. The zero-order chi connectivity index (χ0) is 14.0. The van der Waals surface area contributed by atoms with Crippen molar-refractivity contribution in [1.82, 2.24) is 9.91 Å². The second-order valence-electron chi connectivity index (χ2n) is 3.75. The molecule has 19 heavy (non-hydrogen) atoms. The van der Waals surface area contributed by atoms with Crippen molar-refractivity contribution in [2.75, 3.05) is 6.54 Å². The van der Waals surface area contributed by atoms with Gasteiger partial charge in [-0.3, -0.25) is 14.5 Å². The van der Waals surface area contributed by atoms with Crippen molar-refractivity contribution in [1.29, 1.82) is 0 Å². The van der Waals surface area contributed by atoms with Crippen LogP contribution in [0.3, 0.4) is 0 Å². The molecule has 0 bridgehead atoms. The number of rotatable bonds is 3.